The van der Waals surface area contributed by atoms with Crippen LogP contribution in [0.15, 0.2) is 24.4 Å². The van der Waals surface area contributed by atoms with Crippen LogP contribution in [0.3, 0.4) is 0 Å². The number of hydrogen-bond acceptors (Lipinski definition) is 6. The van der Waals surface area contributed by atoms with Gasteiger partial charge in [-0.15, -0.1) is 0 Å². The molecule has 1 atom stereocenters. The van der Waals surface area contributed by atoms with Crippen LogP contribution >= 0.6 is 0 Å². The van der Waals surface area contributed by atoms with Gasteiger partial charge in [0.05, 0.1) is 36.6 Å². The van der Waals surface area contributed by atoms with E-state index in [-0.39, 0.29) is 11.6 Å². The highest BCUT2D eigenvalue weighted by Gasteiger charge is 2.53. The Bertz CT molecular complexity index is 1300. The second-order valence-electron chi connectivity index (χ2n) is 9.03. The molecule has 1 aromatic carbocycles. The summed E-state index contributed by atoms with van der Waals surface area (Å²) in [5.74, 6) is 0.868. The quantitative estimate of drug-likeness (QED) is 0.546. The number of aryl methyl sites for hydroxylation is 1. The largest absolute Gasteiger partial charge is 0.416 e. The average molecular weight is 474 g/mol. The van der Waals surface area contributed by atoms with Crippen LogP contribution in [-0.2, 0) is 28.8 Å². The molecule has 2 aromatic heterocycles. The van der Waals surface area contributed by atoms with Crippen molar-refractivity contribution < 1.29 is 22.7 Å². The van der Waals surface area contributed by atoms with E-state index >= 15 is 0 Å². The SMILES string of the molecule is COC1(C(=O)N2Cc3c(NC(C)c4cc(N)cc(C(F)(F)F)c4)nc4ncc(C)n4c3C2)CC1. The lowest BCUT2D eigenvalue weighted by Gasteiger charge is -2.21. The summed E-state index contributed by atoms with van der Waals surface area (Å²) >= 11 is 0. The van der Waals surface area contributed by atoms with Crippen LogP contribution in [0, 0.1) is 6.92 Å². The van der Waals surface area contributed by atoms with Crippen LogP contribution in [0.2, 0.25) is 0 Å². The summed E-state index contributed by atoms with van der Waals surface area (Å²) in [6, 6.07) is 2.98. The Kier molecular flexibility index (Phi) is 5.01. The number of nitrogens with two attached hydrogens (primary N) is 1. The molecule has 1 aliphatic heterocycles. The highest BCUT2D eigenvalue weighted by Crippen LogP contribution is 2.43. The van der Waals surface area contributed by atoms with E-state index < -0.39 is 23.4 Å². The zero-order valence-corrected chi connectivity index (χ0v) is 19.0. The fraction of sp³-hybridized carbons (Fsp3) is 0.435. The molecule has 1 unspecified atom stereocenters. The minimum absolute atomic E-state index is 0.0297. The van der Waals surface area contributed by atoms with Gasteiger partial charge in [0.2, 0.25) is 5.78 Å². The first-order valence-corrected chi connectivity index (χ1v) is 11.0. The van der Waals surface area contributed by atoms with E-state index in [4.69, 9.17) is 10.5 Å². The van der Waals surface area contributed by atoms with Crippen molar-refractivity contribution in [2.75, 3.05) is 18.2 Å². The van der Waals surface area contributed by atoms with Crippen LogP contribution in [0.4, 0.5) is 24.7 Å². The molecule has 0 saturated heterocycles. The lowest BCUT2D eigenvalue weighted by molar-refractivity contribution is -0.145. The van der Waals surface area contributed by atoms with E-state index in [0.29, 0.717) is 43.1 Å². The van der Waals surface area contributed by atoms with Gasteiger partial charge in [0.1, 0.15) is 11.4 Å². The number of imidazole rings is 1. The van der Waals surface area contributed by atoms with Crippen LogP contribution < -0.4 is 11.1 Å². The molecule has 11 heteroatoms. The normalized spacial score (nSPS) is 17.6. The predicted octanol–water partition coefficient (Wildman–Crippen LogP) is 3.83. The number of anilines is 2. The molecule has 2 aliphatic rings. The molecule has 3 N–H and O–H groups in total. The van der Waals surface area contributed by atoms with Gasteiger partial charge in [0, 0.05) is 24.1 Å². The summed E-state index contributed by atoms with van der Waals surface area (Å²) in [4.78, 5) is 23.9. The molecule has 180 valence electrons. The van der Waals surface area contributed by atoms with E-state index in [1.54, 1.807) is 25.1 Å². The van der Waals surface area contributed by atoms with Crippen LogP contribution in [0.1, 0.15) is 53.9 Å². The number of fused-ring (bicyclic) bond motifs is 3. The molecule has 0 spiro atoms. The Labute approximate surface area is 193 Å². The van der Waals surface area contributed by atoms with Crippen LogP contribution in [0.25, 0.3) is 5.78 Å². The number of rotatable bonds is 5. The highest BCUT2D eigenvalue weighted by atomic mass is 19.4. The van der Waals surface area contributed by atoms with Gasteiger partial charge in [0.15, 0.2) is 0 Å². The fourth-order valence-electron chi connectivity index (χ4n) is 4.58. The summed E-state index contributed by atoms with van der Waals surface area (Å²) in [5, 5.41) is 3.24. The lowest BCUT2D eigenvalue weighted by atomic mass is 10.0. The van der Waals surface area contributed by atoms with Gasteiger partial charge >= 0.3 is 6.18 Å². The number of halogens is 3. The number of nitrogens with one attached hydrogen (secondary N) is 1. The van der Waals surface area contributed by atoms with Crippen molar-refractivity contribution in [3.63, 3.8) is 0 Å². The molecular formula is C23H25F3N6O2. The third-order valence-corrected chi connectivity index (χ3v) is 6.66. The Morgan fingerprint density at radius 1 is 1.26 bits per heavy atom. The maximum Gasteiger partial charge on any atom is 0.416 e. The topological polar surface area (TPSA) is 97.8 Å². The van der Waals surface area contributed by atoms with E-state index in [1.807, 2.05) is 11.3 Å². The molecule has 0 radical (unpaired) electrons. The Hall–Kier alpha value is -3.34. The molecule has 1 amide bonds. The number of alkyl halides is 3. The van der Waals surface area contributed by atoms with Crippen molar-refractivity contribution in [3.05, 3.63) is 52.5 Å². The van der Waals surface area contributed by atoms with E-state index in [9.17, 15) is 18.0 Å². The number of nitrogens with zero attached hydrogens (tertiary/aromatic N) is 4. The third kappa shape index (κ3) is 3.64. The standard InChI is InChI=1S/C23H25F3N6O2/c1-12-9-28-21-30-19(29-13(2)14-6-15(23(24,25)26)8-16(27)7-14)17-10-31(11-18(17)32(12)21)20(33)22(34-3)4-5-22/h6-9,13H,4-5,10-11,27H2,1-3H3,(H,28,29,30). The zero-order valence-electron chi connectivity index (χ0n) is 19.0. The Morgan fingerprint density at radius 2 is 2.00 bits per heavy atom. The summed E-state index contributed by atoms with van der Waals surface area (Å²) in [7, 11) is 1.54. The summed E-state index contributed by atoms with van der Waals surface area (Å²) < 4.78 is 47.3. The fourth-order valence-corrected chi connectivity index (χ4v) is 4.58. The molecule has 34 heavy (non-hydrogen) atoms. The maximum absolute atomic E-state index is 13.3. The molecule has 3 heterocycles. The van der Waals surface area contributed by atoms with Crippen LogP contribution in [-0.4, -0.2) is 37.9 Å². The number of carbonyl (C=O) groups is 1. The lowest BCUT2D eigenvalue weighted by Crippen LogP contribution is -2.38. The number of hydrogen-bond donors (Lipinski definition) is 2. The Morgan fingerprint density at radius 3 is 2.65 bits per heavy atom. The first kappa shape index (κ1) is 22.5. The Balaban J connectivity index is 1.51. The van der Waals surface area contributed by atoms with Crippen LogP contribution in [0.5, 0.6) is 0 Å². The number of carbonyl (C=O) groups excluding carboxylic acids is 1. The van der Waals surface area contributed by atoms with Crippen molar-refractivity contribution in [1.29, 1.82) is 0 Å². The molecule has 1 saturated carbocycles. The molecule has 1 aliphatic carbocycles. The van der Waals surface area contributed by atoms with Crippen molar-refractivity contribution >= 4 is 23.2 Å². The van der Waals surface area contributed by atoms with Gasteiger partial charge in [-0.1, -0.05) is 0 Å². The smallest absolute Gasteiger partial charge is 0.399 e. The van der Waals surface area contributed by atoms with Crippen molar-refractivity contribution in [2.45, 2.75) is 57.6 Å². The van der Waals surface area contributed by atoms with Gasteiger partial charge in [-0.2, -0.15) is 18.2 Å². The van der Waals surface area contributed by atoms with Gasteiger partial charge in [-0.25, -0.2) is 4.98 Å². The second kappa shape index (κ2) is 7.59. The zero-order chi connectivity index (χ0) is 24.4. The van der Waals surface area contributed by atoms with E-state index in [1.165, 1.54) is 6.07 Å². The van der Waals surface area contributed by atoms with Crippen molar-refractivity contribution in [3.8, 4) is 0 Å². The van der Waals surface area contributed by atoms with Gasteiger partial charge in [-0.05, 0) is 50.5 Å². The summed E-state index contributed by atoms with van der Waals surface area (Å²) in [6.07, 6.45) is -1.43. The summed E-state index contributed by atoms with van der Waals surface area (Å²) in [5.41, 5.74) is 7.16. The van der Waals surface area contributed by atoms with Gasteiger partial charge in [-0.3, -0.25) is 9.20 Å². The molecule has 3 aromatic rings. The van der Waals surface area contributed by atoms with E-state index in [2.05, 4.69) is 15.3 Å². The maximum atomic E-state index is 13.3. The minimum atomic E-state index is -4.50. The molecular weight excluding hydrogens is 449 g/mol. The number of nitrogen functional groups attached to an aromatic ring is 1. The first-order chi connectivity index (χ1) is 16.0. The number of amides is 1. The average Bonchev–Trinajstić information content (AvgIpc) is 3.32. The highest BCUT2D eigenvalue weighted by molar-refractivity contribution is 5.88. The van der Waals surface area contributed by atoms with Crippen molar-refractivity contribution in [2.24, 2.45) is 0 Å². The molecule has 0 bridgehead atoms. The predicted molar refractivity (Wildman–Crippen MR) is 119 cm³/mol. The molecule has 8 nitrogen and oxygen atoms in total. The van der Waals surface area contributed by atoms with E-state index in [0.717, 1.165) is 29.1 Å². The first-order valence-electron chi connectivity index (χ1n) is 11.0. The molecule has 1 fully saturated rings. The number of methoxy groups -OCH3 is 1. The van der Waals surface area contributed by atoms with Crippen molar-refractivity contribution in [1.82, 2.24) is 19.3 Å². The monoisotopic (exact) mass is 474 g/mol. The minimum Gasteiger partial charge on any atom is -0.399 e. The number of ether oxygens (including phenoxy) is 1. The number of aromatic nitrogens is 3. The molecule has 5 rings (SSSR count). The summed E-state index contributed by atoms with van der Waals surface area (Å²) in [6.45, 7) is 4.34. The van der Waals surface area contributed by atoms with Gasteiger partial charge in [0.25, 0.3) is 5.91 Å². The third-order valence-electron chi connectivity index (χ3n) is 6.66. The number of benzene rings is 1. The van der Waals surface area contributed by atoms with Gasteiger partial charge < -0.3 is 20.7 Å². The second-order valence-corrected chi connectivity index (χ2v) is 9.03.